The third-order valence-electron chi connectivity index (χ3n) is 7.85. The quantitative estimate of drug-likeness (QED) is 0.346. The van der Waals surface area contributed by atoms with Crippen molar-refractivity contribution in [1.82, 2.24) is 19.4 Å². The second-order valence-corrected chi connectivity index (χ2v) is 10.4. The first-order chi connectivity index (χ1) is 17.7. The molecule has 2 aromatic heterocycles. The average molecular weight is 482 g/mol. The van der Waals surface area contributed by atoms with Crippen molar-refractivity contribution in [1.29, 1.82) is 0 Å². The number of hydrogen-bond donors (Lipinski definition) is 1. The van der Waals surface area contributed by atoms with Crippen LogP contribution in [0.15, 0.2) is 67.1 Å². The fraction of sp³-hybridized carbons (Fsp3) is 0.400. The van der Waals surface area contributed by atoms with Gasteiger partial charge in [-0.2, -0.15) is 0 Å². The Labute approximate surface area is 213 Å². The standard InChI is InChI=1S/C30H35N5O/c31-29-28-27(24-11-8-12-26(17-24)36-20-22-9-4-3-5-10-22)19-35(30(28)33-21-32-29)25-15-23(16-25)18-34-13-6-1-2-7-14-34/h3-5,8-12,17,19,21,23,25H,1-2,6-7,13-16,18,20H2,(H2,31,32,33)/t23-,25+. The molecule has 6 rings (SSSR count). The molecule has 0 bridgehead atoms. The average Bonchev–Trinajstić information content (AvgIpc) is 3.08. The highest BCUT2D eigenvalue weighted by atomic mass is 16.5. The first-order valence-corrected chi connectivity index (χ1v) is 13.3. The number of benzene rings is 2. The van der Waals surface area contributed by atoms with Crippen molar-refractivity contribution in [3.63, 3.8) is 0 Å². The fourth-order valence-corrected chi connectivity index (χ4v) is 5.86. The molecule has 0 unspecified atom stereocenters. The van der Waals surface area contributed by atoms with E-state index in [0.29, 0.717) is 18.5 Å². The molecule has 2 aromatic carbocycles. The van der Waals surface area contributed by atoms with Gasteiger partial charge in [0.1, 0.15) is 30.1 Å². The van der Waals surface area contributed by atoms with Crippen LogP contribution in [-0.2, 0) is 6.61 Å². The van der Waals surface area contributed by atoms with Gasteiger partial charge in [-0.15, -0.1) is 0 Å². The Balaban J connectivity index is 1.22. The summed E-state index contributed by atoms with van der Waals surface area (Å²) in [5.41, 5.74) is 10.6. The van der Waals surface area contributed by atoms with Gasteiger partial charge in [0.25, 0.3) is 0 Å². The predicted octanol–water partition coefficient (Wildman–Crippen LogP) is 6.09. The van der Waals surface area contributed by atoms with E-state index in [1.165, 1.54) is 58.2 Å². The number of anilines is 1. The lowest BCUT2D eigenvalue weighted by molar-refractivity contribution is 0.133. The van der Waals surface area contributed by atoms with E-state index >= 15 is 0 Å². The molecule has 0 spiro atoms. The van der Waals surface area contributed by atoms with Crippen LogP contribution >= 0.6 is 0 Å². The summed E-state index contributed by atoms with van der Waals surface area (Å²) in [6.45, 7) is 4.31. The molecule has 0 atom stereocenters. The van der Waals surface area contributed by atoms with Gasteiger partial charge in [0, 0.05) is 24.3 Å². The molecule has 0 radical (unpaired) electrons. The third kappa shape index (κ3) is 4.82. The first-order valence-electron chi connectivity index (χ1n) is 13.3. The normalized spacial score (nSPS) is 20.7. The van der Waals surface area contributed by atoms with Gasteiger partial charge in [-0.05, 0) is 68.0 Å². The molecule has 0 amide bonds. The summed E-state index contributed by atoms with van der Waals surface area (Å²) >= 11 is 0. The predicted molar refractivity (Wildman–Crippen MR) is 145 cm³/mol. The summed E-state index contributed by atoms with van der Waals surface area (Å²) in [7, 11) is 0. The molecule has 2 N–H and O–H groups in total. The van der Waals surface area contributed by atoms with Gasteiger partial charge in [-0.3, -0.25) is 0 Å². The SMILES string of the molecule is Nc1ncnc2c1c(-c1cccc(OCc3ccccc3)c1)cn2[C@H]1C[C@@H](CN2CCCCCC2)C1. The minimum absolute atomic E-state index is 0.463. The lowest BCUT2D eigenvalue weighted by Crippen LogP contribution is -2.37. The van der Waals surface area contributed by atoms with Gasteiger partial charge in [0.15, 0.2) is 0 Å². The Morgan fingerprint density at radius 1 is 0.917 bits per heavy atom. The molecule has 1 saturated heterocycles. The Kier molecular flexibility index (Phi) is 6.60. The Morgan fingerprint density at radius 2 is 1.72 bits per heavy atom. The molecule has 2 aliphatic rings. The van der Waals surface area contributed by atoms with Crippen molar-refractivity contribution in [3.05, 3.63) is 72.7 Å². The number of likely N-dealkylation sites (tertiary alicyclic amines) is 1. The van der Waals surface area contributed by atoms with Crippen LogP contribution in [-0.4, -0.2) is 39.1 Å². The maximum atomic E-state index is 6.40. The van der Waals surface area contributed by atoms with Gasteiger partial charge in [-0.25, -0.2) is 9.97 Å². The zero-order chi connectivity index (χ0) is 24.3. The molecular weight excluding hydrogens is 446 g/mol. The number of rotatable bonds is 7. The molecular formula is C30H35N5O. The van der Waals surface area contributed by atoms with Crippen molar-refractivity contribution >= 4 is 16.9 Å². The zero-order valence-electron chi connectivity index (χ0n) is 20.9. The maximum absolute atomic E-state index is 6.40. The zero-order valence-corrected chi connectivity index (χ0v) is 20.9. The van der Waals surface area contributed by atoms with Crippen LogP contribution in [0.5, 0.6) is 5.75 Å². The van der Waals surface area contributed by atoms with Crippen LogP contribution in [0, 0.1) is 5.92 Å². The Hall–Kier alpha value is -3.38. The van der Waals surface area contributed by atoms with Crippen molar-refractivity contribution in [2.75, 3.05) is 25.4 Å². The number of hydrogen-bond acceptors (Lipinski definition) is 5. The molecule has 4 aromatic rings. The highest BCUT2D eigenvalue weighted by molar-refractivity contribution is 6.00. The van der Waals surface area contributed by atoms with Gasteiger partial charge in [0.05, 0.1) is 5.39 Å². The number of nitrogen functional groups attached to an aromatic ring is 1. The minimum Gasteiger partial charge on any atom is -0.489 e. The van der Waals surface area contributed by atoms with E-state index in [-0.39, 0.29) is 0 Å². The van der Waals surface area contributed by atoms with E-state index in [0.717, 1.165) is 39.4 Å². The van der Waals surface area contributed by atoms with E-state index in [2.05, 4.69) is 49.9 Å². The lowest BCUT2D eigenvalue weighted by atomic mass is 9.79. The van der Waals surface area contributed by atoms with Gasteiger partial charge in [0.2, 0.25) is 0 Å². The van der Waals surface area contributed by atoms with Crippen LogP contribution in [0.25, 0.3) is 22.2 Å². The van der Waals surface area contributed by atoms with Gasteiger partial charge < -0.3 is 19.9 Å². The molecule has 1 aliphatic carbocycles. The maximum Gasteiger partial charge on any atom is 0.146 e. The largest absolute Gasteiger partial charge is 0.489 e. The number of nitrogens with zero attached hydrogens (tertiary/aromatic N) is 4. The van der Waals surface area contributed by atoms with Crippen LogP contribution in [0.4, 0.5) is 5.82 Å². The summed E-state index contributed by atoms with van der Waals surface area (Å²) in [5.74, 6) is 2.14. The Morgan fingerprint density at radius 3 is 2.53 bits per heavy atom. The topological polar surface area (TPSA) is 69.2 Å². The number of aromatic nitrogens is 3. The van der Waals surface area contributed by atoms with Crippen molar-refractivity contribution in [2.24, 2.45) is 5.92 Å². The summed E-state index contributed by atoms with van der Waals surface area (Å²) in [6, 6.07) is 19.0. The monoisotopic (exact) mass is 481 g/mol. The smallest absolute Gasteiger partial charge is 0.146 e. The molecule has 1 saturated carbocycles. The van der Waals surface area contributed by atoms with Gasteiger partial charge in [-0.1, -0.05) is 55.3 Å². The van der Waals surface area contributed by atoms with Crippen LogP contribution in [0.1, 0.15) is 50.1 Å². The fourth-order valence-electron chi connectivity index (χ4n) is 5.86. The van der Waals surface area contributed by atoms with Crippen molar-refractivity contribution in [3.8, 4) is 16.9 Å². The van der Waals surface area contributed by atoms with E-state index in [4.69, 9.17) is 10.5 Å². The molecule has 36 heavy (non-hydrogen) atoms. The number of ether oxygens (including phenoxy) is 1. The van der Waals surface area contributed by atoms with Crippen LogP contribution in [0.3, 0.4) is 0 Å². The summed E-state index contributed by atoms with van der Waals surface area (Å²) in [4.78, 5) is 11.7. The van der Waals surface area contributed by atoms with Crippen molar-refractivity contribution in [2.45, 2.75) is 51.2 Å². The van der Waals surface area contributed by atoms with Crippen LogP contribution in [0.2, 0.25) is 0 Å². The molecule has 2 fully saturated rings. The lowest BCUT2D eigenvalue weighted by Gasteiger charge is -2.39. The van der Waals surface area contributed by atoms with Gasteiger partial charge >= 0.3 is 0 Å². The molecule has 186 valence electrons. The highest BCUT2D eigenvalue weighted by Crippen LogP contribution is 2.43. The molecule has 1 aliphatic heterocycles. The highest BCUT2D eigenvalue weighted by Gasteiger charge is 2.33. The summed E-state index contributed by atoms with van der Waals surface area (Å²) in [5, 5.41) is 0.939. The van der Waals surface area contributed by atoms with E-state index < -0.39 is 0 Å². The number of nitrogens with two attached hydrogens (primary N) is 1. The molecule has 3 heterocycles. The second-order valence-electron chi connectivity index (χ2n) is 10.4. The van der Waals surface area contributed by atoms with E-state index in [9.17, 15) is 0 Å². The first kappa shape index (κ1) is 23.0. The number of fused-ring (bicyclic) bond motifs is 1. The summed E-state index contributed by atoms with van der Waals surface area (Å²) in [6.07, 6.45) is 11.7. The molecule has 6 nitrogen and oxygen atoms in total. The van der Waals surface area contributed by atoms with E-state index in [1.54, 1.807) is 6.33 Å². The summed E-state index contributed by atoms with van der Waals surface area (Å²) < 4.78 is 8.45. The minimum atomic E-state index is 0.463. The third-order valence-corrected chi connectivity index (χ3v) is 7.85. The van der Waals surface area contributed by atoms with E-state index in [1.807, 2.05) is 30.3 Å². The van der Waals surface area contributed by atoms with Crippen molar-refractivity contribution < 1.29 is 4.74 Å². The molecule has 6 heteroatoms. The Bertz CT molecular complexity index is 1300. The van der Waals surface area contributed by atoms with Crippen LogP contribution < -0.4 is 10.5 Å². The second kappa shape index (κ2) is 10.3.